The summed E-state index contributed by atoms with van der Waals surface area (Å²) >= 11 is 21.3. The number of carbonyl (C=O) groups excluding carboxylic acids is 2. The molecule has 0 aromatic heterocycles. The molecule has 0 atom stereocenters. The zero-order valence-electron chi connectivity index (χ0n) is 21.2. The van der Waals surface area contributed by atoms with Crippen molar-refractivity contribution in [3.05, 3.63) is 113 Å². The Balaban J connectivity index is 0.000000214. The van der Waals surface area contributed by atoms with Gasteiger partial charge in [0.2, 0.25) is 0 Å². The van der Waals surface area contributed by atoms with Crippen molar-refractivity contribution in [1.29, 1.82) is 0 Å². The van der Waals surface area contributed by atoms with Crippen LogP contribution in [0, 0.1) is 0 Å². The molecule has 0 amide bonds. The molecule has 0 bridgehead atoms. The second-order valence-corrected chi connectivity index (χ2v) is 12.6. The van der Waals surface area contributed by atoms with Gasteiger partial charge in [0.25, 0.3) is 0 Å². The molecule has 0 saturated heterocycles. The van der Waals surface area contributed by atoms with Crippen molar-refractivity contribution < 1.29 is 14.3 Å². The summed E-state index contributed by atoms with van der Waals surface area (Å²) in [6.07, 6.45) is 1.06. The summed E-state index contributed by atoms with van der Waals surface area (Å²) in [6, 6.07) is 24.2. The topological polar surface area (TPSA) is 43.4 Å². The summed E-state index contributed by atoms with van der Waals surface area (Å²) in [4.78, 5) is 25.1. The number of ketones is 1. The predicted molar refractivity (Wildman–Crippen MR) is 186 cm³/mol. The molecule has 0 spiro atoms. The molecule has 0 fully saturated rings. The number of rotatable bonds is 2. The van der Waals surface area contributed by atoms with Gasteiger partial charge in [0.1, 0.15) is 0 Å². The molecule has 0 radical (unpaired) electrons. The Labute approximate surface area is 284 Å². The Morgan fingerprint density at radius 3 is 1.38 bits per heavy atom. The van der Waals surface area contributed by atoms with E-state index in [1.54, 1.807) is 0 Å². The number of esters is 1. The second kappa shape index (κ2) is 13.8. The highest BCUT2D eigenvalue weighted by Gasteiger charge is 2.54. The molecule has 3 nitrogen and oxygen atoms in total. The van der Waals surface area contributed by atoms with E-state index in [2.05, 4.69) is 122 Å². The minimum absolute atomic E-state index is 0. The van der Waals surface area contributed by atoms with Gasteiger partial charge in [-0.3, -0.25) is 9.59 Å². The average Bonchev–Trinajstić information content (AvgIpc) is 3.42. The number of Topliss-reactive ketones (excluding diaryl/α,β-unsaturated/α-hetero) is 1. The first-order valence-electron chi connectivity index (χ1n) is 11.6. The Hall–Kier alpha value is -1.27. The van der Waals surface area contributed by atoms with Crippen LogP contribution in [0.1, 0.15) is 29.2 Å². The Bertz CT molecular complexity index is 1520. The number of halogens is 4. The molecule has 0 N–H and O–H groups in total. The van der Waals surface area contributed by atoms with Crippen LogP contribution in [0.4, 0.5) is 0 Å². The van der Waals surface area contributed by atoms with Crippen molar-refractivity contribution in [3.8, 4) is 22.3 Å². The summed E-state index contributed by atoms with van der Waals surface area (Å²) in [5.74, 6) is -0.798. The number of methoxy groups -OCH3 is 1. The lowest BCUT2D eigenvalue weighted by Crippen LogP contribution is -2.42. The van der Waals surface area contributed by atoms with Gasteiger partial charge in [0.05, 0.1) is 7.11 Å². The first kappa shape index (κ1) is 33.2. The fourth-order valence-corrected chi connectivity index (χ4v) is 6.73. The maximum absolute atomic E-state index is 12.6. The van der Waals surface area contributed by atoms with Crippen LogP contribution < -0.4 is 0 Å². The molecular weight excluding hydrogens is 824 g/mol. The average molecular weight is 846 g/mol. The van der Waals surface area contributed by atoms with Gasteiger partial charge in [-0.1, -0.05) is 88.0 Å². The number of ether oxygens (including phenoxy) is 1. The van der Waals surface area contributed by atoms with Gasteiger partial charge in [0, 0.05) is 40.3 Å². The highest BCUT2D eigenvalue weighted by atomic mass is 79.9. The van der Waals surface area contributed by atoms with E-state index < -0.39 is 11.4 Å². The van der Waals surface area contributed by atoms with Crippen molar-refractivity contribution in [3.63, 3.8) is 0 Å². The van der Waals surface area contributed by atoms with E-state index >= 15 is 0 Å². The molecule has 40 heavy (non-hydrogen) atoms. The quantitative estimate of drug-likeness (QED) is 0.131. The maximum atomic E-state index is 12.6. The molecule has 4 aromatic carbocycles. The smallest absolute Gasteiger partial charge is 0.328 e. The highest BCUT2D eigenvalue weighted by Crippen LogP contribution is 2.51. The van der Waals surface area contributed by atoms with E-state index in [0.717, 1.165) is 35.4 Å². The van der Waals surface area contributed by atoms with Gasteiger partial charge >= 0.3 is 5.97 Å². The summed E-state index contributed by atoms with van der Waals surface area (Å²) in [5, 5.41) is 0. The number of hydrogen-bond acceptors (Lipinski definition) is 5. The van der Waals surface area contributed by atoms with E-state index in [-0.39, 0.29) is 19.3 Å². The fraction of sp³-hybridized carbons (Fsp3) is 0.133. The fourth-order valence-electron chi connectivity index (χ4n) is 5.29. The third-order valence-corrected chi connectivity index (χ3v) is 8.87. The van der Waals surface area contributed by atoms with Crippen LogP contribution in [0.2, 0.25) is 0 Å². The Morgan fingerprint density at radius 2 is 1.02 bits per heavy atom. The van der Waals surface area contributed by atoms with E-state index in [4.69, 9.17) is 4.74 Å². The molecule has 10 heteroatoms. The van der Waals surface area contributed by atoms with E-state index in [1.807, 2.05) is 36.4 Å². The molecule has 0 heterocycles. The van der Waals surface area contributed by atoms with Crippen molar-refractivity contribution in [1.82, 2.24) is 0 Å². The van der Waals surface area contributed by atoms with Crippen molar-refractivity contribution in [2.75, 3.05) is 7.11 Å². The third-order valence-electron chi connectivity index (χ3n) is 6.90. The van der Waals surface area contributed by atoms with E-state index in [1.165, 1.54) is 36.3 Å². The SMILES string of the molecule is Brc1ccc2c(c1)-c1cc(Br)ccc1C2.COC(=O)C1(C(C)=O)c2ccc(Br)cc2-c2cc(Br)ccc21.S.S=S. The molecule has 6 rings (SSSR count). The van der Waals surface area contributed by atoms with Crippen LogP contribution in [0.25, 0.3) is 22.3 Å². The molecule has 4 aromatic rings. The first-order chi connectivity index (χ1) is 18.7. The van der Waals surface area contributed by atoms with Crippen LogP contribution in [0.5, 0.6) is 0 Å². The van der Waals surface area contributed by atoms with Crippen molar-refractivity contribution >= 4 is 111 Å². The van der Waals surface area contributed by atoms with E-state index in [0.29, 0.717) is 11.1 Å². The minimum atomic E-state index is -1.39. The lowest BCUT2D eigenvalue weighted by molar-refractivity contribution is -0.149. The molecule has 0 saturated carbocycles. The van der Waals surface area contributed by atoms with Crippen LogP contribution in [0.3, 0.4) is 0 Å². The van der Waals surface area contributed by atoms with Crippen molar-refractivity contribution in [2.45, 2.75) is 18.8 Å². The first-order valence-corrected chi connectivity index (χ1v) is 16.1. The van der Waals surface area contributed by atoms with Gasteiger partial charge in [-0.2, -0.15) is 13.5 Å². The number of fused-ring (bicyclic) bond motifs is 6. The zero-order valence-corrected chi connectivity index (χ0v) is 30.2. The number of hydrogen-bond donors (Lipinski definition) is 0. The predicted octanol–water partition coefficient (Wildman–Crippen LogP) is 9.13. The van der Waals surface area contributed by atoms with Gasteiger partial charge in [-0.05, 0) is 106 Å². The molecule has 0 unspecified atom stereocenters. The molecule has 206 valence electrons. The van der Waals surface area contributed by atoms with Crippen LogP contribution in [0.15, 0.2) is 90.7 Å². The normalized spacial score (nSPS) is 12.6. The van der Waals surface area contributed by atoms with Gasteiger partial charge < -0.3 is 4.74 Å². The van der Waals surface area contributed by atoms with Crippen LogP contribution >= 0.6 is 77.2 Å². The summed E-state index contributed by atoms with van der Waals surface area (Å²) in [5.41, 5.74) is 7.25. The summed E-state index contributed by atoms with van der Waals surface area (Å²) in [7, 11) is 1.31. The monoisotopic (exact) mass is 842 g/mol. The highest BCUT2D eigenvalue weighted by molar-refractivity contribution is 9.11. The largest absolute Gasteiger partial charge is 0.468 e. The van der Waals surface area contributed by atoms with Gasteiger partial charge in [0.15, 0.2) is 11.2 Å². The lowest BCUT2D eigenvalue weighted by Gasteiger charge is -2.26. The minimum Gasteiger partial charge on any atom is -0.468 e. The van der Waals surface area contributed by atoms with Crippen LogP contribution in [-0.2, 0) is 48.5 Å². The second-order valence-electron chi connectivity index (χ2n) is 8.96. The molecular formula is C30H22Br4O3S3. The Morgan fingerprint density at radius 1 is 0.675 bits per heavy atom. The summed E-state index contributed by atoms with van der Waals surface area (Å²) in [6.45, 7) is 1.43. The number of benzene rings is 4. The molecule has 2 aliphatic carbocycles. The lowest BCUT2D eigenvalue weighted by atomic mass is 9.75. The molecule has 2 aliphatic rings. The van der Waals surface area contributed by atoms with Crippen LogP contribution in [-0.4, -0.2) is 18.9 Å². The standard InChI is InChI=1S/C17H12Br2O3.C13H8Br2.S2.H2S/c1-9(20)17(16(21)22-2)14-5-3-10(18)7-12(14)13-8-11(19)4-6-15(13)17;14-10-3-1-8-5-9-2-4-11(15)7-13(9)12(8)6-10;1-2;/h3-8H,1-2H3;1-4,6-7H,5H2;;1H2. The molecule has 0 aliphatic heterocycles. The Kier molecular flexibility index (Phi) is 11.5. The number of carbonyl (C=O) groups is 2. The van der Waals surface area contributed by atoms with E-state index in [9.17, 15) is 9.59 Å². The zero-order chi connectivity index (χ0) is 28.5. The van der Waals surface area contributed by atoms with Crippen molar-refractivity contribution in [2.24, 2.45) is 0 Å². The third kappa shape index (κ3) is 5.96. The maximum Gasteiger partial charge on any atom is 0.328 e. The van der Waals surface area contributed by atoms with Gasteiger partial charge in [-0.15, -0.1) is 0 Å². The van der Waals surface area contributed by atoms with Gasteiger partial charge in [-0.25, -0.2) is 0 Å². The summed E-state index contributed by atoms with van der Waals surface area (Å²) < 4.78 is 9.06.